The van der Waals surface area contributed by atoms with Crippen molar-refractivity contribution < 1.29 is 47.7 Å². The summed E-state index contributed by atoms with van der Waals surface area (Å²) in [7, 11) is 0. The maximum absolute atomic E-state index is 12.4. The highest BCUT2D eigenvalue weighted by Gasteiger charge is 2.26. The number of carbonyl (C=O) groups excluding carboxylic acids is 6. The second kappa shape index (κ2) is 19.6. The van der Waals surface area contributed by atoms with Gasteiger partial charge in [0, 0.05) is 24.6 Å². The molecule has 0 saturated heterocycles. The zero-order valence-corrected chi connectivity index (χ0v) is 33.4. The molecule has 0 radical (unpaired) electrons. The molecule has 0 atom stereocenters. The van der Waals surface area contributed by atoms with E-state index in [0.717, 1.165) is 33.8 Å². The van der Waals surface area contributed by atoms with Gasteiger partial charge in [-0.25, -0.2) is 40.0 Å². The summed E-state index contributed by atoms with van der Waals surface area (Å²) in [6.45, 7) is 9.76. The lowest BCUT2D eigenvalue weighted by Gasteiger charge is -2.27. The van der Waals surface area contributed by atoms with Crippen LogP contribution in [0, 0.1) is 0 Å². The average molecular weight is 809 g/mol. The van der Waals surface area contributed by atoms with Crippen LogP contribution in [0.4, 0.5) is 19.9 Å². The van der Waals surface area contributed by atoms with Gasteiger partial charge in [-0.3, -0.25) is 9.59 Å². The summed E-state index contributed by atoms with van der Waals surface area (Å²) in [5.41, 5.74) is 4.94. The van der Waals surface area contributed by atoms with Crippen LogP contribution >= 0.6 is 22.7 Å². The molecule has 16 nitrogen and oxygen atoms in total. The Labute approximate surface area is 331 Å². The van der Waals surface area contributed by atoms with E-state index >= 15 is 0 Å². The number of rotatable bonds is 16. The van der Waals surface area contributed by atoms with Crippen molar-refractivity contribution >= 4 is 68.9 Å². The summed E-state index contributed by atoms with van der Waals surface area (Å²) < 4.78 is 21.8. The fourth-order valence-electron chi connectivity index (χ4n) is 5.11. The van der Waals surface area contributed by atoms with Crippen molar-refractivity contribution in [1.29, 1.82) is 0 Å². The molecule has 0 bridgehead atoms. The summed E-state index contributed by atoms with van der Waals surface area (Å²) in [5, 5.41) is 8.68. The molecule has 4 rings (SSSR count). The van der Waals surface area contributed by atoms with Gasteiger partial charge in [-0.2, -0.15) is 0 Å². The number of aromatic nitrogens is 2. The number of ether oxygens (including phenoxy) is 4. The number of nitrogens with one attached hydrogen (secondary N) is 4. The molecule has 0 aliphatic carbocycles. The van der Waals surface area contributed by atoms with Gasteiger partial charge in [0.1, 0.15) is 22.7 Å². The van der Waals surface area contributed by atoms with E-state index in [1.165, 1.54) is 24.6 Å². The third kappa shape index (κ3) is 14.7. The summed E-state index contributed by atoms with van der Waals surface area (Å²) in [5.74, 6) is -1.14. The van der Waals surface area contributed by atoms with Crippen molar-refractivity contribution in [3.05, 3.63) is 81.8 Å². The molecule has 2 aromatic carbocycles. The summed E-state index contributed by atoms with van der Waals surface area (Å²) in [6, 6.07) is 14.0. The zero-order chi connectivity index (χ0) is 40.9. The number of benzene rings is 2. The van der Waals surface area contributed by atoms with E-state index in [9.17, 15) is 28.8 Å². The number of hydrazine groups is 1. The van der Waals surface area contributed by atoms with E-state index in [0.29, 0.717) is 60.3 Å². The lowest BCUT2D eigenvalue weighted by Crippen LogP contribution is -2.47. The molecule has 0 saturated carbocycles. The Morgan fingerprint density at radius 2 is 0.946 bits per heavy atom. The molecule has 4 amide bonds. The maximum atomic E-state index is 12.4. The van der Waals surface area contributed by atoms with Crippen LogP contribution < -0.4 is 31.0 Å². The van der Waals surface area contributed by atoms with Crippen LogP contribution in [0.1, 0.15) is 99.3 Å². The van der Waals surface area contributed by atoms with Gasteiger partial charge in [0.25, 0.3) is 0 Å². The SMILES string of the molecule is CC(=O)Nc1nc(C(=O)Oc2ccc(CCCC(C)(C)OC(=O)NNC(=O)OC(C)(C)CCCc3ccc(OC(=O)c4csc(NC(C)=O)n4)cc3)cc2)cs1. The third-order valence-electron chi connectivity index (χ3n) is 7.75. The number of anilines is 2. The minimum atomic E-state index is -0.839. The van der Waals surface area contributed by atoms with Crippen molar-refractivity contribution in [2.24, 2.45) is 0 Å². The molecule has 0 aliphatic heterocycles. The molecule has 298 valence electrons. The van der Waals surface area contributed by atoms with Gasteiger partial charge < -0.3 is 29.6 Å². The van der Waals surface area contributed by atoms with Crippen LogP contribution in [0.2, 0.25) is 0 Å². The maximum Gasteiger partial charge on any atom is 0.426 e. The molecular weight excluding hydrogens is 765 g/mol. The van der Waals surface area contributed by atoms with Crippen LogP contribution in [-0.2, 0) is 31.9 Å². The molecule has 0 aliphatic rings. The number of hydrogen-bond acceptors (Lipinski definition) is 14. The molecule has 2 aromatic heterocycles. The lowest BCUT2D eigenvalue weighted by atomic mass is 9.98. The van der Waals surface area contributed by atoms with E-state index in [-0.39, 0.29) is 23.2 Å². The standard InChI is InChI=1S/C38H44N6O10S2/c1-23(45)39-33-41-29(21-55-33)31(47)51-27-15-11-25(12-16-27)9-7-19-37(3,4)53-35(49)43-44-36(50)54-38(5,6)20-8-10-26-13-17-28(18-14-26)52-32(48)30-22-56-34(42-30)40-24(2)46/h11-18,21-22H,7-10,19-20H2,1-6H3,(H,43,49)(H,44,50)(H,39,41,45)(H,40,42,46). The Morgan fingerprint density at radius 1 is 0.589 bits per heavy atom. The smallest absolute Gasteiger partial charge is 0.426 e. The normalized spacial score (nSPS) is 11.2. The quantitative estimate of drug-likeness (QED) is 0.0502. The lowest BCUT2D eigenvalue weighted by molar-refractivity contribution is -0.115. The molecule has 2 heterocycles. The topological polar surface area (TPSA) is 213 Å². The second-order valence-corrected chi connectivity index (χ2v) is 15.5. The monoisotopic (exact) mass is 808 g/mol. The minimum absolute atomic E-state index is 0.0935. The molecule has 4 aromatic rings. The predicted molar refractivity (Wildman–Crippen MR) is 209 cm³/mol. The molecule has 4 N–H and O–H groups in total. The van der Waals surface area contributed by atoms with E-state index in [2.05, 4.69) is 31.5 Å². The highest BCUT2D eigenvalue weighted by atomic mass is 32.1. The molecule has 0 spiro atoms. The number of nitrogens with zero attached hydrogens (tertiary/aromatic N) is 2. The molecule has 0 unspecified atom stereocenters. The first-order valence-electron chi connectivity index (χ1n) is 17.5. The number of esters is 2. The Bertz CT molecular complexity index is 1870. The Morgan fingerprint density at radius 3 is 1.29 bits per heavy atom. The van der Waals surface area contributed by atoms with E-state index < -0.39 is 35.3 Å². The highest BCUT2D eigenvalue weighted by molar-refractivity contribution is 7.14. The first-order valence-corrected chi connectivity index (χ1v) is 19.3. The predicted octanol–water partition coefficient (Wildman–Crippen LogP) is 7.23. The number of carbonyl (C=O) groups is 6. The largest absolute Gasteiger partial charge is 0.442 e. The van der Waals surface area contributed by atoms with Crippen molar-refractivity contribution in [3.8, 4) is 11.5 Å². The van der Waals surface area contributed by atoms with E-state index in [4.69, 9.17) is 18.9 Å². The third-order valence-corrected chi connectivity index (χ3v) is 9.27. The first-order chi connectivity index (χ1) is 26.4. The molecule has 18 heteroatoms. The fourth-order valence-corrected chi connectivity index (χ4v) is 6.56. The summed E-state index contributed by atoms with van der Waals surface area (Å²) in [6.07, 6.45) is 2.09. The van der Waals surface area contributed by atoms with Gasteiger partial charge >= 0.3 is 24.1 Å². The van der Waals surface area contributed by atoms with Gasteiger partial charge in [-0.05, 0) is 102 Å². The summed E-state index contributed by atoms with van der Waals surface area (Å²) in [4.78, 5) is 80.1. The van der Waals surface area contributed by atoms with Crippen LogP contribution in [0.3, 0.4) is 0 Å². The van der Waals surface area contributed by atoms with Crippen molar-refractivity contribution in [2.45, 2.75) is 91.3 Å². The van der Waals surface area contributed by atoms with Crippen LogP contribution in [0.25, 0.3) is 0 Å². The molecular formula is C38H44N6O10S2. The average Bonchev–Trinajstić information content (AvgIpc) is 3.78. The van der Waals surface area contributed by atoms with Gasteiger partial charge in [0.15, 0.2) is 21.7 Å². The Kier molecular flexibility index (Phi) is 15.0. The number of aryl methyl sites for hydroxylation is 2. The minimum Gasteiger partial charge on any atom is -0.442 e. The number of thiazole rings is 2. The van der Waals surface area contributed by atoms with Crippen molar-refractivity contribution in [2.75, 3.05) is 10.6 Å². The fraction of sp³-hybridized carbons (Fsp3) is 0.368. The van der Waals surface area contributed by atoms with E-state index in [1.54, 1.807) is 52.0 Å². The Hall–Kier alpha value is -5.88. The van der Waals surface area contributed by atoms with Crippen molar-refractivity contribution in [3.63, 3.8) is 0 Å². The van der Waals surface area contributed by atoms with Gasteiger partial charge in [-0.15, -0.1) is 22.7 Å². The van der Waals surface area contributed by atoms with E-state index in [1.807, 2.05) is 24.3 Å². The van der Waals surface area contributed by atoms with Crippen LogP contribution in [-0.4, -0.2) is 57.1 Å². The van der Waals surface area contributed by atoms with Gasteiger partial charge in [0.2, 0.25) is 11.8 Å². The van der Waals surface area contributed by atoms with Crippen LogP contribution in [0.5, 0.6) is 11.5 Å². The highest BCUT2D eigenvalue weighted by Crippen LogP contribution is 2.24. The van der Waals surface area contributed by atoms with Gasteiger partial charge in [0.05, 0.1) is 0 Å². The van der Waals surface area contributed by atoms with Crippen LogP contribution in [0.15, 0.2) is 59.3 Å². The number of amides is 4. The molecule has 0 fully saturated rings. The van der Waals surface area contributed by atoms with Crippen molar-refractivity contribution in [1.82, 2.24) is 20.8 Å². The Balaban J connectivity index is 1.09. The molecule has 56 heavy (non-hydrogen) atoms. The second-order valence-electron chi connectivity index (χ2n) is 13.8. The summed E-state index contributed by atoms with van der Waals surface area (Å²) >= 11 is 2.25. The zero-order valence-electron chi connectivity index (χ0n) is 31.8. The van der Waals surface area contributed by atoms with Gasteiger partial charge in [-0.1, -0.05) is 24.3 Å². The number of hydrogen-bond donors (Lipinski definition) is 4. The first kappa shape index (κ1) is 42.9.